The molecule has 0 aliphatic heterocycles. The topological polar surface area (TPSA) is 23.8 Å². The van der Waals surface area contributed by atoms with Crippen LogP contribution >= 0.6 is 11.6 Å². The molecule has 0 heterocycles. The van der Waals surface area contributed by atoms with Gasteiger partial charge in [-0.15, -0.1) is 0 Å². The van der Waals surface area contributed by atoms with E-state index >= 15 is 0 Å². The second kappa shape index (κ2) is 2.89. The average molecular weight is 170 g/mol. The molecule has 1 aromatic rings. The van der Waals surface area contributed by atoms with E-state index in [9.17, 15) is 4.39 Å². The summed E-state index contributed by atoms with van der Waals surface area (Å²) in [5.74, 6) is -0.436. The molecule has 1 aromatic carbocycles. The molecule has 1 rings (SSSR count). The van der Waals surface area contributed by atoms with Crippen molar-refractivity contribution in [1.82, 2.24) is 0 Å². The smallest absolute Gasteiger partial charge is 0.128 e. The third-order valence-electron chi connectivity index (χ3n) is 1.41. The number of nitrogens with zero attached hydrogens (tertiary/aromatic N) is 1. The molecule has 0 radical (unpaired) electrons. The highest BCUT2D eigenvalue weighted by Crippen LogP contribution is 2.19. The first-order chi connectivity index (χ1) is 5.15. The van der Waals surface area contributed by atoms with Gasteiger partial charge in [0.15, 0.2) is 0 Å². The maximum atomic E-state index is 12.8. The van der Waals surface area contributed by atoms with Crippen LogP contribution in [0.5, 0.6) is 0 Å². The zero-order chi connectivity index (χ0) is 8.43. The number of hydrogen-bond donors (Lipinski definition) is 0. The summed E-state index contributed by atoms with van der Waals surface area (Å²) in [7, 11) is 0. The molecule has 0 bridgehead atoms. The molecule has 0 saturated carbocycles. The number of halogens is 2. The Morgan fingerprint density at radius 1 is 1.55 bits per heavy atom. The lowest BCUT2D eigenvalue weighted by Gasteiger charge is -1.98. The summed E-state index contributed by atoms with van der Waals surface area (Å²) in [5.41, 5.74) is 0.628. The number of hydrogen-bond acceptors (Lipinski definition) is 1. The van der Waals surface area contributed by atoms with Gasteiger partial charge in [0.25, 0.3) is 0 Å². The van der Waals surface area contributed by atoms with Crippen LogP contribution in [0.25, 0.3) is 0 Å². The second-order valence-corrected chi connectivity index (χ2v) is 2.58. The first-order valence-corrected chi connectivity index (χ1v) is 3.38. The van der Waals surface area contributed by atoms with Gasteiger partial charge in [0.2, 0.25) is 0 Å². The Hall–Kier alpha value is -1.07. The number of nitriles is 1. The summed E-state index contributed by atoms with van der Waals surface area (Å²) >= 11 is 5.61. The lowest BCUT2D eigenvalue weighted by atomic mass is 10.1. The molecule has 0 aliphatic rings. The van der Waals surface area contributed by atoms with E-state index in [4.69, 9.17) is 16.9 Å². The van der Waals surface area contributed by atoms with E-state index in [1.54, 1.807) is 6.92 Å². The van der Waals surface area contributed by atoms with Gasteiger partial charge in [-0.1, -0.05) is 11.6 Å². The van der Waals surface area contributed by atoms with E-state index < -0.39 is 5.82 Å². The van der Waals surface area contributed by atoms with Crippen LogP contribution in [-0.2, 0) is 0 Å². The first-order valence-electron chi connectivity index (χ1n) is 3.01. The van der Waals surface area contributed by atoms with Crippen molar-refractivity contribution >= 4 is 11.6 Å². The lowest BCUT2D eigenvalue weighted by Crippen LogP contribution is -1.85. The van der Waals surface area contributed by atoms with Crippen molar-refractivity contribution in [2.75, 3.05) is 0 Å². The van der Waals surface area contributed by atoms with Gasteiger partial charge in [-0.25, -0.2) is 4.39 Å². The molecule has 3 heteroatoms. The molecular weight excluding hydrogens is 165 g/mol. The highest BCUT2D eigenvalue weighted by Gasteiger charge is 2.03. The highest BCUT2D eigenvalue weighted by molar-refractivity contribution is 6.31. The molecule has 0 amide bonds. The van der Waals surface area contributed by atoms with Crippen LogP contribution in [-0.4, -0.2) is 0 Å². The predicted octanol–water partition coefficient (Wildman–Crippen LogP) is 2.66. The third kappa shape index (κ3) is 1.50. The summed E-state index contributed by atoms with van der Waals surface area (Å²) in [6.07, 6.45) is 0. The van der Waals surface area contributed by atoms with Crippen molar-refractivity contribution < 1.29 is 4.39 Å². The molecule has 1 nitrogen and oxygen atoms in total. The molecule has 0 saturated heterocycles. The Morgan fingerprint density at radius 3 is 2.64 bits per heavy atom. The van der Waals surface area contributed by atoms with Crippen LogP contribution in [0, 0.1) is 24.1 Å². The molecule has 0 aromatic heterocycles. The Morgan fingerprint density at radius 2 is 2.18 bits per heavy atom. The fraction of sp³-hybridized carbons (Fsp3) is 0.125. The maximum Gasteiger partial charge on any atom is 0.128 e. The van der Waals surface area contributed by atoms with Crippen molar-refractivity contribution in [2.24, 2.45) is 0 Å². The SMILES string of the molecule is Cc1c(F)cc(C#N)cc1Cl. The van der Waals surface area contributed by atoms with E-state index in [0.717, 1.165) is 0 Å². The standard InChI is InChI=1S/C8H5ClFN/c1-5-7(9)2-6(4-11)3-8(5)10/h2-3H,1H3. The monoisotopic (exact) mass is 169 g/mol. The van der Waals surface area contributed by atoms with Crippen LogP contribution in [0.4, 0.5) is 4.39 Å². The quantitative estimate of drug-likeness (QED) is 0.586. The van der Waals surface area contributed by atoms with E-state index in [0.29, 0.717) is 10.6 Å². The zero-order valence-electron chi connectivity index (χ0n) is 5.86. The van der Waals surface area contributed by atoms with E-state index in [2.05, 4.69) is 0 Å². The Kier molecular flexibility index (Phi) is 2.11. The molecule has 0 N–H and O–H groups in total. The van der Waals surface area contributed by atoms with Gasteiger partial charge < -0.3 is 0 Å². The van der Waals surface area contributed by atoms with Gasteiger partial charge >= 0.3 is 0 Å². The van der Waals surface area contributed by atoms with Crippen LogP contribution in [0.1, 0.15) is 11.1 Å². The molecule has 0 fully saturated rings. The summed E-state index contributed by atoms with van der Waals surface area (Å²) in [6.45, 7) is 1.57. The molecular formula is C8H5ClFN. The Bertz CT molecular complexity index is 304. The van der Waals surface area contributed by atoms with Crippen LogP contribution < -0.4 is 0 Å². The van der Waals surface area contributed by atoms with Gasteiger partial charge in [-0.05, 0) is 19.1 Å². The van der Waals surface area contributed by atoms with E-state index in [-0.39, 0.29) is 5.56 Å². The van der Waals surface area contributed by atoms with Crippen LogP contribution in [0.2, 0.25) is 5.02 Å². The van der Waals surface area contributed by atoms with Gasteiger partial charge in [-0.2, -0.15) is 5.26 Å². The molecule has 11 heavy (non-hydrogen) atoms. The minimum atomic E-state index is -0.436. The average Bonchev–Trinajstić information content (AvgIpc) is 1.99. The largest absolute Gasteiger partial charge is 0.207 e. The lowest BCUT2D eigenvalue weighted by molar-refractivity contribution is 0.618. The van der Waals surface area contributed by atoms with Gasteiger partial charge in [0.05, 0.1) is 11.6 Å². The number of rotatable bonds is 0. The van der Waals surface area contributed by atoms with Crippen molar-refractivity contribution in [3.63, 3.8) is 0 Å². The molecule has 0 atom stereocenters. The Balaban J connectivity index is 3.35. The Labute approximate surface area is 69.0 Å². The second-order valence-electron chi connectivity index (χ2n) is 2.18. The van der Waals surface area contributed by atoms with Gasteiger partial charge in [-0.3, -0.25) is 0 Å². The normalized spacial score (nSPS) is 9.27. The van der Waals surface area contributed by atoms with E-state index in [1.165, 1.54) is 12.1 Å². The minimum absolute atomic E-state index is 0.248. The van der Waals surface area contributed by atoms with Gasteiger partial charge in [0, 0.05) is 10.6 Å². The summed E-state index contributed by atoms with van der Waals surface area (Å²) in [5, 5.41) is 8.70. The van der Waals surface area contributed by atoms with Crippen LogP contribution in [0.3, 0.4) is 0 Å². The fourth-order valence-electron chi connectivity index (χ4n) is 0.710. The molecule has 0 spiro atoms. The highest BCUT2D eigenvalue weighted by atomic mass is 35.5. The van der Waals surface area contributed by atoms with Crippen molar-refractivity contribution in [2.45, 2.75) is 6.92 Å². The predicted molar refractivity (Wildman–Crippen MR) is 40.9 cm³/mol. The molecule has 0 unspecified atom stereocenters. The fourth-order valence-corrected chi connectivity index (χ4v) is 0.918. The summed E-state index contributed by atoms with van der Waals surface area (Å²) in [4.78, 5) is 0. The minimum Gasteiger partial charge on any atom is -0.207 e. The van der Waals surface area contributed by atoms with Crippen molar-refractivity contribution in [3.8, 4) is 6.07 Å². The third-order valence-corrected chi connectivity index (χ3v) is 1.80. The molecule has 0 aliphatic carbocycles. The maximum absolute atomic E-state index is 12.8. The summed E-state index contributed by atoms with van der Waals surface area (Å²) < 4.78 is 12.8. The van der Waals surface area contributed by atoms with E-state index in [1.807, 2.05) is 6.07 Å². The van der Waals surface area contributed by atoms with Crippen molar-refractivity contribution in [3.05, 3.63) is 34.1 Å². The van der Waals surface area contributed by atoms with Crippen molar-refractivity contribution in [1.29, 1.82) is 5.26 Å². The van der Waals surface area contributed by atoms with Gasteiger partial charge in [0.1, 0.15) is 5.82 Å². The first kappa shape index (κ1) is 8.03. The van der Waals surface area contributed by atoms with Crippen LogP contribution in [0.15, 0.2) is 12.1 Å². The molecule has 56 valence electrons. The summed E-state index contributed by atoms with van der Waals surface area (Å²) in [6, 6.07) is 4.42. The zero-order valence-corrected chi connectivity index (χ0v) is 6.61. The number of benzene rings is 1.